The molecule has 0 saturated carbocycles. The van der Waals surface area contributed by atoms with Crippen molar-refractivity contribution in [2.75, 3.05) is 49.1 Å². The van der Waals surface area contributed by atoms with E-state index in [0.717, 1.165) is 22.6 Å². The second-order valence-electron chi connectivity index (χ2n) is 10.8. The number of thioether (sulfide) groups is 1. The zero-order valence-electron chi connectivity index (χ0n) is 23.6. The minimum Gasteiger partial charge on any atom is -0.337 e. The van der Waals surface area contributed by atoms with Crippen LogP contribution in [0.5, 0.6) is 0 Å². The zero-order valence-corrected chi connectivity index (χ0v) is 25.2. The van der Waals surface area contributed by atoms with Crippen LogP contribution in [-0.2, 0) is 17.9 Å². The molecule has 43 heavy (non-hydrogen) atoms. The molecule has 3 aromatic rings. The molecule has 0 bridgehead atoms. The molecule has 3 aromatic carbocycles. The van der Waals surface area contributed by atoms with Gasteiger partial charge in [-0.1, -0.05) is 42.0 Å². The number of carbonyl (C=O) groups excluding carboxylic acids is 4. The van der Waals surface area contributed by atoms with Crippen LogP contribution in [0.4, 0.5) is 5.69 Å². The summed E-state index contributed by atoms with van der Waals surface area (Å²) in [6.07, 6.45) is 3.94. The van der Waals surface area contributed by atoms with Crippen LogP contribution in [0.15, 0.2) is 78.9 Å². The molecule has 8 nitrogen and oxygen atoms in total. The van der Waals surface area contributed by atoms with Gasteiger partial charge in [0.05, 0.1) is 6.54 Å². The minimum absolute atomic E-state index is 0.0386. The van der Waals surface area contributed by atoms with Gasteiger partial charge in [-0.15, -0.1) is 0 Å². The summed E-state index contributed by atoms with van der Waals surface area (Å²) in [7, 11) is 0. The molecule has 0 atom stereocenters. The Bertz CT molecular complexity index is 1580. The van der Waals surface area contributed by atoms with E-state index in [9.17, 15) is 19.2 Å². The van der Waals surface area contributed by atoms with Crippen molar-refractivity contribution in [2.45, 2.75) is 13.1 Å². The summed E-state index contributed by atoms with van der Waals surface area (Å²) < 4.78 is 0. The lowest BCUT2D eigenvalue weighted by molar-refractivity contribution is -0.119. The molecule has 3 aliphatic heterocycles. The molecule has 0 unspecified atom stereocenters. The average molecular weight is 615 g/mol. The second kappa shape index (κ2) is 12.7. The maximum Gasteiger partial charge on any atom is 0.254 e. The molecule has 0 N–H and O–H groups in total. The maximum absolute atomic E-state index is 13.9. The van der Waals surface area contributed by atoms with E-state index in [-0.39, 0.29) is 43.3 Å². The molecule has 0 radical (unpaired) electrons. The van der Waals surface area contributed by atoms with Crippen molar-refractivity contribution in [3.05, 3.63) is 112 Å². The Balaban J connectivity index is 1.30. The van der Waals surface area contributed by atoms with Crippen LogP contribution in [0.3, 0.4) is 0 Å². The minimum atomic E-state index is -0.275. The van der Waals surface area contributed by atoms with Crippen molar-refractivity contribution in [3.8, 4) is 0 Å². The Kier molecular flexibility index (Phi) is 8.54. The van der Waals surface area contributed by atoms with Gasteiger partial charge in [0, 0.05) is 71.6 Å². The molecule has 3 aliphatic rings. The molecule has 1 saturated heterocycles. The highest BCUT2D eigenvalue weighted by atomic mass is 35.5. The Morgan fingerprint density at radius 1 is 0.698 bits per heavy atom. The van der Waals surface area contributed by atoms with Crippen LogP contribution in [0.2, 0.25) is 5.02 Å². The van der Waals surface area contributed by atoms with Gasteiger partial charge in [-0.2, -0.15) is 11.8 Å². The zero-order chi connectivity index (χ0) is 29.9. The molecule has 0 aliphatic carbocycles. The van der Waals surface area contributed by atoms with E-state index in [1.807, 2.05) is 47.0 Å². The summed E-state index contributed by atoms with van der Waals surface area (Å²) >= 11 is 7.86. The molecule has 220 valence electrons. The molecule has 4 amide bonds. The highest BCUT2D eigenvalue weighted by molar-refractivity contribution is 7.99. The molecular formula is C33H31ClN4O4S. The molecule has 10 heteroatoms. The van der Waals surface area contributed by atoms with E-state index >= 15 is 0 Å². The molecule has 1 fully saturated rings. The number of hydrogen-bond donors (Lipinski definition) is 0. The Labute approximate surface area is 259 Å². The largest absolute Gasteiger partial charge is 0.337 e. The molecule has 0 aromatic heterocycles. The standard InChI is InChI=1S/C33H31ClN4O4S/c34-28-11-9-25(10-12-28)32(41)37-21-27-8-7-26(33(42)36-15-17-43-18-16-36)19-29(27)38(30(39)22-37)20-23-3-5-24(6-4-23)31(40)35-13-1-2-14-35/h1-12,19H,13-18,20-22H2. The van der Waals surface area contributed by atoms with Gasteiger partial charge >= 0.3 is 0 Å². The van der Waals surface area contributed by atoms with Crippen LogP contribution in [0.25, 0.3) is 0 Å². The van der Waals surface area contributed by atoms with Gasteiger partial charge < -0.3 is 19.6 Å². The van der Waals surface area contributed by atoms with Gasteiger partial charge in [0.15, 0.2) is 0 Å². The molecule has 0 spiro atoms. The van der Waals surface area contributed by atoms with Gasteiger partial charge in [-0.3, -0.25) is 19.2 Å². The summed E-state index contributed by atoms with van der Waals surface area (Å²) in [6, 6.07) is 19.3. The number of hydrogen-bond acceptors (Lipinski definition) is 5. The summed E-state index contributed by atoms with van der Waals surface area (Å²) in [5.41, 5.74) is 3.75. The van der Waals surface area contributed by atoms with E-state index in [1.54, 1.807) is 58.3 Å². The van der Waals surface area contributed by atoms with Crippen LogP contribution in [-0.4, -0.2) is 82.6 Å². The number of amides is 4. The third kappa shape index (κ3) is 6.33. The van der Waals surface area contributed by atoms with E-state index in [2.05, 4.69) is 0 Å². The lowest BCUT2D eigenvalue weighted by Crippen LogP contribution is -2.40. The lowest BCUT2D eigenvalue weighted by Gasteiger charge is -2.28. The molecule has 3 heterocycles. The van der Waals surface area contributed by atoms with E-state index < -0.39 is 0 Å². The van der Waals surface area contributed by atoms with Crippen molar-refractivity contribution in [1.29, 1.82) is 0 Å². The summed E-state index contributed by atoms with van der Waals surface area (Å²) in [5.74, 6) is 1.16. The van der Waals surface area contributed by atoms with Gasteiger partial charge in [-0.25, -0.2) is 0 Å². The van der Waals surface area contributed by atoms with Gasteiger partial charge in [0.1, 0.15) is 6.54 Å². The maximum atomic E-state index is 13.9. The second-order valence-corrected chi connectivity index (χ2v) is 12.4. The number of rotatable bonds is 5. The SMILES string of the molecule is O=C(c1ccc(CN2C(=O)CN(C(=O)c3ccc(Cl)cc3)Cc3ccc(C(=O)N4CCSCC4)cc32)cc1)N1CC=CC1. The fourth-order valence-electron chi connectivity index (χ4n) is 5.53. The topological polar surface area (TPSA) is 81.2 Å². The van der Waals surface area contributed by atoms with Crippen molar-refractivity contribution < 1.29 is 19.2 Å². The monoisotopic (exact) mass is 614 g/mol. The summed E-state index contributed by atoms with van der Waals surface area (Å²) in [4.78, 5) is 60.4. The van der Waals surface area contributed by atoms with E-state index in [1.165, 1.54) is 4.90 Å². The fourth-order valence-corrected chi connectivity index (χ4v) is 6.56. The Morgan fingerprint density at radius 3 is 1.95 bits per heavy atom. The lowest BCUT2D eigenvalue weighted by atomic mass is 10.0. The molecular weight excluding hydrogens is 584 g/mol. The van der Waals surface area contributed by atoms with Crippen LogP contribution in [0.1, 0.15) is 42.2 Å². The first kappa shape index (κ1) is 29.0. The number of halogens is 1. The first-order valence-electron chi connectivity index (χ1n) is 14.3. The first-order chi connectivity index (χ1) is 20.9. The van der Waals surface area contributed by atoms with Crippen molar-refractivity contribution >= 4 is 52.7 Å². The van der Waals surface area contributed by atoms with Gasteiger partial charge in [0.2, 0.25) is 5.91 Å². The average Bonchev–Trinajstić information content (AvgIpc) is 3.54. The van der Waals surface area contributed by atoms with Crippen molar-refractivity contribution in [3.63, 3.8) is 0 Å². The first-order valence-corrected chi connectivity index (χ1v) is 15.8. The predicted molar refractivity (Wildman–Crippen MR) is 169 cm³/mol. The third-order valence-electron chi connectivity index (χ3n) is 7.94. The fraction of sp³-hybridized carbons (Fsp3) is 0.273. The van der Waals surface area contributed by atoms with Crippen LogP contribution < -0.4 is 4.90 Å². The van der Waals surface area contributed by atoms with E-state index in [0.29, 0.717) is 53.6 Å². The van der Waals surface area contributed by atoms with Crippen LogP contribution >= 0.6 is 23.4 Å². The Morgan fingerprint density at radius 2 is 1.28 bits per heavy atom. The number of benzene rings is 3. The Hall–Kier alpha value is -4.08. The number of anilines is 1. The van der Waals surface area contributed by atoms with Gasteiger partial charge in [-0.05, 0) is 59.7 Å². The summed E-state index contributed by atoms with van der Waals surface area (Å²) in [6.45, 7) is 2.89. The third-order valence-corrected chi connectivity index (χ3v) is 9.13. The van der Waals surface area contributed by atoms with Crippen LogP contribution in [0, 0.1) is 0 Å². The highest BCUT2D eigenvalue weighted by Crippen LogP contribution is 2.30. The van der Waals surface area contributed by atoms with Crippen molar-refractivity contribution in [1.82, 2.24) is 14.7 Å². The van der Waals surface area contributed by atoms with Crippen molar-refractivity contribution in [2.24, 2.45) is 0 Å². The smallest absolute Gasteiger partial charge is 0.254 e. The number of nitrogens with zero attached hydrogens (tertiary/aromatic N) is 4. The number of fused-ring (bicyclic) bond motifs is 1. The quantitative estimate of drug-likeness (QED) is 0.388. The van der Waals surface area contributed by atoms with Gasteiger partial charge in [0.25, 0.3) is 17.7 Å². The summed E-state index contributed by atoms with van der Waals surface area (Å²) in [5, 5.41) is 0.523. The normalized spacial score (nSPS) is 16.7. The predicted octanol–water partition coefficient (Wildman–Crippen LogP) is 4.73. The highest BCUT2D eigenvalue weighted by Gasteiger charge is 2.31. The molecule has 6 rings (SSSR count). The number of carbonyl (C=O) groups is 4. The van der Waals surface area contributed by atoms with E-state index in [4.69, 9.17) is 11.6 Å².